The molecule has 1 unspecified atom stereocenters. The molecule has 1 nitrogen and oxygen atoms in total. The number of piperidine rings is 1. The highest BCUT2D eigenvalue weighted by Crippen LogP contribution is 2.46. The predicted octanol–water partition coefficient (Wildman–Crippen LogP) is 5.13. The molecule has 22 heavy (non-hydrogen) atoms. The van der Waals surface area contributed by atoms with Gasteiger partial charge in [-0.05, 0) is 67.0 Å². The van der Waals surface area contributed by atoms with Crippen LogP contribution in [0.2, 0.25) is 0 Å². The highest BCUT2D eigenvalue weighted by molar-refractivity contribution is 5.86. The number of hydrogen-bond acceptors (Lipinski definition) is 1. The lowest BCUT2D eigenvalue weighted by Gasteiger charge is -2.36. The van der Waals surface area contributed by atoms with Gasteiger partial charge in [-0.15, -0.1) is 0 Å². The van der Waals surface area contributed by atoms with Crippen molar-refractivity contribution in [1.29, 1.82) is 0 Å². The second-order valence-corrected chi connectivity index (χ2v) is 6.96. The third-order valence-corrected chi connectivity index (χ3v) is 5.42. The van der Waals surface area contributed by atoms with Crippen molar-refractivity contribution in [3.63, 3.8) is 0 Å². The molecule has 3 aliphatic rings. The molecule has 1 aliphatic heterocycles. The van der Waals surface area contributed by atoms with Crippen molar-refractivity contribution in [3.05, 3.63) is 65.3 Å². The van der Waals surface area contributed by atoms with Gasteiger partial charge in [-0.3, -0.25) is 4.90 Å². The summed E-state index contributed by atoms with van der Waals surface area (Å²) in [5, 5.41) is 0. The number of hydrogen-bond donors (Lipinski definition) is 0. The zero-order chi connectivity index (χ0) is 14.9. The van der Waals surface area contributed by atoms with Crippen molar-refractivity contribution in [2.24, 2.45) is 5.92 Å². The highest BCUT2D eigenvalue weighted by atomic mass is 15.2. The molecule has 2 aliphatic carbocycles. The quantitative estimate of drug-likeness (QED) is 0.693. The molecule has 0 N–H and O–H groups in total. The van der Waals surface area contributed by atoms with Gasteiger partial charge in [-0.2, -0.15) is 0 Å². The van der Waals surface area contributed by atoms with Gasteiger partial charge in [0.1, 0.15) is 0 Å². The fraction of sp³-hybridized carbons (Fsp3) is 0.429. The Balaban J connectivity index is 1.78. The Morgan fingerprint density at radius 2 is 1.68 bits per heavy atom. The summed E-state index contributed by atoms with van der Waals surface area (Å²) in [6.45, 7) is 4.85. The molecule has 114 valence electrons. The standard InChI is InChI=1S/C21H25N/c1-16-12-14-22(15-13-16)21-19-10-5-3-2-4-8-17(19)18-9-6-7-11-20(18)21/h4-11,16,21H,2-3,12-15H2,1H3/b8-4-,10-5-. The minimum atomic E-state index is 0.470. The van der Waals surface area contributed by atoms with E-state index in [2.05, 4.69) is 60.4 Å². The predicted molar refractivity (Wildman–Crippen MR) is 93.6 cm³/mol. The van der Waals surface area contributed by atoms with Crippen LogP contribution in [-0.4, -0.2) is 18.0 Å². The summed E-state index contributed by atoms with van der Waals surface area (Å²) in [5.41, 5.74) is 5.93. The molecule has 1 saturated heterocycles. The fourth-order valence-corrected chi connectivity index (χ4v) is 4.10. The van der Waals surface area contributed by atoms with Gasteiger partial charge in [0.05, 0.1) is 6.04 Å². The third kappa shape index (κ3) is 2.38. The van der Waals surface area contributed by atoms with Crippen LogP contribution in [0.25, 0.3) is 5.57 Å². The average Bonchev–Trinajstić information content (AvgIpc) is 2.81. The van der Waals surface area contributed by atoms with E-state index in [1.54, 1.807) is 0 Å². The summed E-state index contributed by atoms with van der Waals surface area (Å²) >= 11 is 0. The number of nitrogens with zero attached hydrogens (tertiary/aromatic N) is 1. The van der Waals surface area contributed by atoms with E-state index in [9.17, 15) is 0 Å². The lowest BCUT2D eigenvalue weighted by molar-refractivity contribution is 0.159. The SMILES string of the molecule is CC1CCN(C2C3=C(/C=C\CC/C=C\3)c3ccccc32)CC1. The lowest BCUT2D eigenvalue weighted by atomic mass is 9.94. The van der Waals surface area contributed by atoms with Crippen LogP contribution in [0.15, 0.2) is 54.1 Å². The molecule has 1 atom stereocenters. The summed E-state index contributed by atoms with van der Waals surface area (Å²) < 4.78 is 0. The summed E-state index contributed by atoms with van der Waals surface area (Å²) in [6, 6.07) is 9.49. The van der Waals surface area contributed by atoms with Crippen molar-refractivity contribution in [2.45, 2.75) is 38.6 Å². The van der Waals surface area contributed by atoms with Crippen molar-refractivity contribution in [3.8, 4) is 0 Å². The largest absolute Gasteiger partial charge is 0.292 e. The second kappa shape index (κ2) is 5.89. The second-order valence-electron chi connectivity index (χ2n) is 6.96. The minimum Gasteiger partial charge on any atom is -0.292 e. The number of fused-ring (bicyclic) bond motifs is 2. The molecule has 1 heteroatoms. The molecule has 1 fully saturated rings. The maximum absolute atomic E-state index is 2.71. The van der Waals surface area contributed by atoms with Gasteiger partial charge in [0.25, 0.3) is 0 Å². The van der Waals surface area contributed by atoms with Gasteiger partial charge in [0.2, 0.25) is 0 Å². The normalized spacial score (nSPS) is 28.7. The molecule has 1 heterocycles. The maximum atomic E-state index is 2.71. The summed E-state index contributed by atoms with van der Waals surface area (Å²) in [5.74, 6) is 0.883. The van der Waals surface area contributed by atoms with E-state index in [1.807, 2.05) is 0 Å². The minimum absolute atomic E-state index is 0.470. The number of likely N-dealkylation sites (tertiary alicyclic amines) is 1. The molecule has 0 aromatic heterocycles. The van der Waals surface area contributed by atoms with Crippen LogP contribution in [0.3, 0.4) is 0 Å². The monoisotopic (exact) mass is 291 g/mol. The third-order valence-electron chi connectivity index (χ3n) is 5.42. The summed E-state index contributed by atoms with van der Waals surface area (Å²) in [7, 11) is 0. The molecule has 0 bridgehead atoms. The first-order valence-corrected chi connectivity index (χ1v) is 8.75. The topological polar surface area (TPSA) is 3.24 Å². The lowest BCUT2D eigenvalue weighted by Crippen LogP contribution is -2.36. The number of rotatable bonds is 1. The van der Waals surface area contributed by atoms with Crippen LogP contribution in [0, 0.1) is 5.92 Å². The van der Waals surface area contributed by atoms with Gasteiger partial charge in [0, 0.05) is 0 Å². The Kier molecular flexibility index (Phi) is 3.75. The Bertz CT molecular complexity index is 642. The first kappa shape index (κ1) is 14.0. The number of benzene rings is 1. The average molecular weight is 291 g/mol. The van der Waals surface area contributed by atoms with Crippen molar-refractivity contribution in [1.82, 2.24) is 4.90 Å². The number of allylic oxidation sites excluding steroid dienone is 4. The van der Waals surface area contributed by atoms with Crippen LogP contribution in [0.1, 0.15) is 49.8 Å². The zero-order valence-corrected chi connectivity index (χ0v) is 13.5. The van der Waals surface area contributed by atoms with E-state index in [1.165, 1.54) is 48.2 Å². The highest BCUT2D eigenvalue weighted by Gasteiger charge is 2.34. The van der Waals surface area contributed by atoms with Crippen LogP contribution in [0.5, 0.6) is 0 Å². The van der Waals surface area contributed by atoms with Gasteiger partial charge in [-0.25, -0.2) is 0 Å². The molecule has 4 rings (SSSR count). The fourth-order valence-electron chi connectivity index (χ4n) is 4.10. The molecule has 0 amide bonds. The Hall–Kier alpha value is -1.60. The van der Waals surface area contributed by atoms with Crippen LogP contribution in [-0.2, 0) is 0 Å². The molecule has 1 aromatic rings. The van der Waals surface area contributed by atoms with Crippen molar-refractivity contribution in [2.75, 3.05) is 13.1 Å². The van der Waals surface area contributed by atoms with Gasteiger partial charge in [0.15, 0.2) is 0 Å². The molecule has 0 radical (unpaired) electrons. The van der Waals surface area contributed by atoms with E-state index < -0.39 is 0 Å². The van der Waals surface area contributed by atoms with E-state index in [0.717, 1.165) is 18.8 Å². The Labute approximate surface area is 134 Å². The molecule has 0 saturated carbocycles. The Morgan fingerprint density at radius 1 is 0.955 bits per heavy atom. The van der Waals surface area contributed by atoms with Crippen molar-refractivity contribution >= 4 is 5.57 Å². The van der Waals surface area contributed by atoms with Crippen LogP contribution in [0.4, 0.5) is 0 Å². The molecular weight excluding hydrogens is 266 g/mol. The van der Waals surface area contributed by atoms with Crippen molar-refractivity contribution < 1.29 is 0 Å². The van der Waals surface area contributed by atoms with Gasteiger partial charge in [-0.1, -0.05) is 55.5 Å². The van der Waals surface area contributed by atoms with E-state index in [4.69, 9.17) is 0 Å². The van der Waals surface area contributed by atoms with E-state index >= 15 is 0 Å². The smallest absolute Gasteiger partial charge is 0.0613 e. The molecule has 0 spiro atoms. The van der Waals surface area contributed by atoms with Gasteiger partial charge >= 0.3 is 0 Å². The molecule has 1 aromatic carbocycles. The first-order chi connectivity index (χ1) is 10.8. The maximum Gasteiger partial charge on any atom is 0.0613 e. The summed E-state index contributed by atoms with van der Waals surface area (Å²) in [6.07, 6.45) is 14.5. The van der Waals surface area contributed by atoms with Crippen LogP contribution >= 0.6 is 0 Å². The van der Waals surface area contributed by atoms with Gasteiger partial charge < -0.3 is 0 Å². The molecular formula is C21H25N. The zero-order valence-electron chi connectivity index (χ0n) is 13.5. The van der Waals surface area contributed by atoms with Crippen LogP contribution < -0.4 is 0 Å². The first-order valence-electron chi connectivity index (χ1n) is 8.75. The van der Waals surface area contributed by atoms with E-state index in [-0.39, 0.29) is 0 Å². The Morgan fingerprint density at radius 3 is 2.50 bits per heavy atom. The summed E-state index contributed by atoms with van der Waals surface area (Å²) in [4.78, 5) is 2.71. The van der Waals surface area contributed by atoms with E-state index in [0.29, 0.717) is 6.04 Å².